The predicted molar refractivity (Wildman–Crippen MR) is 72.6 cm³/mol. The van der Waals surface area contributed by atoms with Crippen molar-refractivity contribution in [3.63, 3.8) is 0 Å². The highest BCUT2D eigenvalue weighted by atomic mass is 35.5. The lowest BCUT2D eigenvalue weighted by Gasteiger charge is -2.10. The van der Waals surface area contributed by atoms with E-state index in [1.54, 1.807) is 7.11 Å². The first-order chi connectivity index (χ1) is 8.81. The summed E-state index contributed by atoms with van der Waals surface area (Å²) in [7, 11) is 1.64. The van der Waals surface area contributed by atoms with Crippen LogP contribution in [0.3, 0.4) is 0 Å². The number of benzene rings is 2. The van der Waals surface area contributed by atoms with Gasteiger partial charge < -0.3 is 4.74 Å². The van der Waals surface area contributed by atoms with Crippen LogP contribution in [0.2, 0.25) is 5.28 Å². The number of hydrogen-bond acceptors (Lipinski definition) is 2. The van der Waals surface area contributed by atoms with Crippen molar-refractivity contribution in [1.29, 1.82) is 0 Å². The summed E-state index contributed by atoms with van der Waals surface area (Å²) in [5, 5.41) is 0.431. The van der Waals surface area contributed by atoms with E-state index >= 15 is 0 Å². The van der Waals surface area contributed by atoms with Gasteiger partial charge in [0.15, 0.2) is 0 Å². The number of ether oxygens (including phenoxy) is 1. The lowest BCUT2D eigenvalue weighted by atomic mass is 10.2. The zero-order chi connectivity index (χ0) is 12.5. The van der Waals surface area contributed by atoms with Crippen LogP contribution < -0.4 is 4.74 Å². The molecule has 0 saturated carbocycles. The third-order valence-corrected chi connectivity index (χ3v) is 3.10. The average Bonchev–Trinajstić information content (AvgIpc) is 2.74. The zero-order valence-electron chi connectivity index (χ0n) is 9.80. The largest absolute Gasteiger partial charge is 0.495 e. The van der Waals surface area contributed by atoms with Gasteiger partial charge in [0.1, 0.15) is 5.75 Å². The smallest absolute Gasteiger partial charge is 0.208 e. The van der Waals surface area contributed by atoms with E-state index in [4.69, 9.17) is 16.3 Å². The topological polar surface area (TPSA) is 27.1 Å². The van der Waals surface area contributed by atoms with Gasteiger partial charge in [-0.3, -0.25) is 4.57 Å². The fourth-order valence-corrected chi connectivity index (χ4v) is 2.31. The number of fused-ring (bicyclic) bond motifs is 1. The SMILES string of the molecule is COc1ccccc1-n1c(Cl)nc2ccccc21. The maximum Gasteiger partial charge on any atom is 0.208 e. The average molecular weight is 259 g/mol. The molecular weight excluding hydrogens is 248 g/mol. The van der Waals surface area contributed by atoms with E-state index in [1.165, 1.54) is 0 Å². The van der Waals surface area contributed by atoms with Crippen molar-refractivity contribution in [2.24, 2.45) is 0 Å². The minimum absolute atomic E-state index is 0.431. The lowest BCUT2D eigenvalue weighted by Crippen LogP contribution is -1.97. The van der Waals surface area contributed by atoms with Crippen LogP contribution in [0.15, 0.2) is 48.5 Å². The second-order valence-electron chi connectivity index (χ2n) is 3.88. The van der Waals surface area contributed by atoms with E-state index in [9.17, 15) is 0 Å². The fourth-order valence-electron chi connectivity index (χ4n) is 2.04. The van der Waals surface area contributed by atoms with Crippen LogP contribution in [0.1, 0.15) is 0 Å². The molecule has 3 nitrogen and oxygen atoms in total. The Hall–Kier alpha value is -2.00. The number of nitrogens with zero attached hydrogens (tertiary/aromatic N) is 2. The molecule has 2 aromatic carbocycles. The van der Waals surface area contributed by atoms with Crippen LogP contribution in [0.5, 0.6) is 5.75 Å². The van der Waals surface area contributed by atoms with Gasteiger partial charge in [0, 0.05) is 0 Å². The Morgan fingerprint density at radius 2 is 1.78 bits per heavy atom. The number of aromatic nitrogens is 2. The number of imidazole rings is 1. The number of para-hydroxylation sites is 4. The predicted octanol–water partition coefficient (Wildman–Crippen LogP) is 3.69. The van der Waals surface area contributed by atoms with Gasteiger partial charge in [0.2, 0.25) is 5.28 Å². The number of halogens is 1. The van der Waals surface area contributed by atoms with E-state index in [0.29, 0.717) is 5.28 Å². The molecule has 90 valence electrons. The van der Waals surface area contributed by atoms with Gasteiger partial charge in [0.25, 0.3) is 0 Å². The van der Waals surface area contributed by atoms with Crippen molar-refractivity contribution in [3.05, 3.63) is 53.8 Å². The van der Waals surface area contributed by atoms with Gasteiger partial charge in [-0.15, -0.1) is 0 Å². The molecule has 3 rings (SSSR count). The van der Waals surface area contributed by atoms with Crippen molar-refractivity contribution < 1.29 is 4.74 Å². The molecule has 0 bridgehead atoms. The monoisotopic (exact) mass is 258 g/mol. The Bertz CT molecular complexity index is 706. The molecule has 3 aromatic rings. The van der Waals surface area contributed by atoms with Crippen LogP contribution in [-0.4, -0.2) is 16.7 Å². The van der Waals surface area contributed by atoms with E-state index < -0.39 is 0 Å². The molecule has 1 heterocycles. The number of methoxy groups -OCH3 is 1. The zero-order valence-corrected chi connectivity index (χ0v) is 10.6. The van der Waals surface area contributed by atoms with Gasteiger partial charge in [-0.25, -0.2) is 4.98 Å². The molecule has 0 fully saturated rings. The van der Waals surface area contributed by atoms with Gasteiger partial charge in [-0.1, -0.05) is 24.3 Å². The minimum atomic E-state index is 0.431. The summed E-state index contributed by atoms with van der Waals surface area (Å²) in [4.78, 5) is 4.34. The van der Waals surface area contributed by atoms with E-state index in [2.05, 4.69) is 4.98 Å². The maximum atomic E-state index is 6.23. The molecule has 0 saturated heterocycles. The van der Waals surface area contributed by atoms with E-state index in [-0.39, 0.29) is 0 Å². The minimum Gasteiger partial charge on any atom is -0.495 e. The molecule has 1 aromatic heterocycles. The Morgan fingerprint density at radius 1 is 1.06 bits per heavy atom. The fraction of sp³-hybridized carbons (Fsp3) is 0.0714. The molecule has 0 amide bonds. The van der Waals surface area contributed by atoms with Gasteiger partial charge >= 0.3 is 0 Å². The Morgan fingerprint density at radius 3 is 2.61 bits per heavy atom. The van der Waals surface area contributed by atoms with Crippen molar-refractivity contribution in [2.45, 2.75) is 0 Å². The van der Waals surface area contributed by atoms with Crippen LogP contribution in [0, 0.1) is 0 Å². The second-order valence-corrected chi connectivity index (χ2v) is 4.21. The second kappa shape index (κ2) is 4.35. The molecule has 0 aliphatic rings. The quantitative estimate of drug-likeness (QED) is 0.701. The standard InChI is InChI=1S/C14H11ClN2O/c1-18-13-9-5-4-8-12(13)17-11-7-3-2-6-10(11)16-14(17)15/h2-9H,1H3. The van der Waals surface area contributed by atoms with Crippen LogP contribution in [-0.2, 0) is 0 Å². The molecule has 4 heteroatoms. The lowest BCUT2D eigenvalue weighted by molar-refractivity contribution is 0.413. The first kappa shape index (κ1) is 11.1. The van der Waals surface area contributed by atoms with E-state index in [1.807, 2.05) is 53.1 Å². The summed E-state index contributed by atoms with van der Waals surface area (Å²) >= 11 is 6.23. The number of rotatable bonds is 2. The highest BCUT2D eigenvalue weighted by molar-refractivity contribution is 6.29. The normalized spacial score (nSPS) is 10.8. The Balaban J connectivity index is 2.34. The highest BCUT2D eigenvalue weighted by Gasteiger charge is 2.13. The molecule has 0 radical (unpaired) electrons. The van der Waals surface area contributed by atoms with Gasteiger partial charge in [-0.2, -0.15) is 0 Å². The molecule has 0 spiro atoms. The maximum absolute atomic E-state index is 6.23. The Labute approximate surface area is 110 Å². The first-order valence-corrected chi connectivity index (χ1v) is 5.95. The van der Waals surface area contributed by atoms with Gasteiger partial charge in [0.05, 0.1) is 23.8 Å². The molecular formula is C14H11ClN2O. The third kappa shape index (κ3) is 1.64. The van der Waals surface area contributed by atoms with Crippen molar-refractivity contribution in [2.75, 3.05) is 7.11 Å². The van der Waals surface area contributed by atoms with Crippen molar-refractivity contribution in [3.8, 4) is 11.4 Å². The van der Waals surface area contributed by atoms with Crippen LogP contribution in [0.25, 0.3) is 16.7 Å². The molecule has 0 aliphatic carbocycles. The van der Waals surface area contributed by atoms with Crippen LogP contribution in [0.4, 0.5) is 0 Å². The first-order valence-electron chi connectivity index (χ1n) is 5.57. The summed E-state index contributed by atoms with van der Waals surface area (Å²) in [5.74, 6) is 0.766. The summed E-state index contributed by atoms with van der Waals surface area (Å²) in [5.41, 5.74) is 2.72. The Kier molecular flexibility index (Phi) is 2.68. The summed E-state index contributed by atoms with van der Waals surface area (Å²) in [6, 6.07) is 15.6. The van der Waals surface area contributed by atoms with Crippen LogP contribution >= 0.6 is 11.6 Å². The molecule has 0 aliphatic heterocycles. The molecule has 0 N–H and O–H groups in total. The summed E-state index contributed by atoms with van der Waals surface area (Å²) in [6.07, 6.45) is 0. The molecule has 0 atom stereocenters. The number of hydrogen-bond donors (Lipinski definition) is 0. The molecule has 18 heavy (non-hydrogen) atoms. The van der Waals surface area contributed by atoms with Gasteiger partial charge in [-0.05, 0) is 35.9 Å². The summed E-state index contributed by atoms with van der Waals surface area (Å²) < 4.78 is 7.25. The third-order valence-electron chi connectivity index (χ3n) is 2.85. The van der Waals surface area contributed by atoms with Crippen molar-refractivity contribution in [1.82, 2.24) is 9.55 Å². The highest BCUT2D eigenvalue weighted by Crippen LogP contribution is 2.29. The molecule has 0 unspecified atom stereocenters. The van der Waals surface area contributed by atoms with E-state index in [0.717, 1.165) is 22.5 Å². The summed E-state index contributed by atoms with van der Waals surface area (Å²) in [6.45, 7) is 0. The van der Waals surface area contributed by atoms with Crippen molar-refractivity contribution >= 4 is 22.6 Å².